The first kappa shape index (κ1) is 14.0. The van der Waals surface area contributed by atoms with Crippen LogP contribution in [0.4, 0.5) is 4.39 Å². The van der Waals surface area contributed by atoms with Crippen LogP contribution in [-0.4, -0.2) is 37.9 Å². The highest BCUT2D eigenvalue weighted by Gasteiger charge is 2.43. The lowest BCUT2D eigenvalue weighted by Crippen LogP contribution is -2.45. The van der Waals surface area contributed by atoms with Crippen LogP contribution in [-0.2, 0) is 0 Å². The molecule has 118 valence electrons. The number of nitrogens with zero attached hydrogens (tertiary/aromatic N) is 4. The fourth-order valence-electron chi connectivity index (χ4n) is 3.12. The van der Waals surface area contributed by atoms with E-state index in [0.717, 1.165) is 0 Å². The van der Waals surface area contributed by atoms with Crippen LogP contribution in [0.5, 0.6) is 0 Å². The summed E-state index contributed by atoms with van der Waals surface area (Å²) in [7, 11) is 0. The van der Waals surface area contributed by atoms with Gasteiger partial charge in [0.15, 0.2) is 5.84 Å². The predicted octanol–water partition coefficient (Wildman–Crippen LogP) is 1.66. The van der Waals surface area contributed by atoms with Crippen LogP contribution in [0.1, 0.15) is 34.2 Å². The number of hydrogen-bond acceptors (Lipinski definition) is 4. The van der Waals surface area contributed by atoms with Crippen molar-refractivity contribution in [3.05, 3.63) is 46.3 Å². The lowest BCUT2D eigenvalue weighted by Gasteiger charge is -2.39. The van der Waals surface area contributed by atoms with Gasteiger partial charge in [0.1, 0.15) is 17.8 Å². The molecule has 9 heteroatoms. The van der Waals surface area contributed by atoms with Crippen molar-refractivity contribution in [3.8, 4) is 5.69 Å². The van der Waals surface area contributed by atoms with Gasteiger partial charge in [-0.2, -0.15) is 0 Å². The molecule has 2 aliphatic rings. The fraction of sp³-hybridized carbons (Fsp3) is 0.214. The number of carbonyl (C=O) groups excluding carboxylic acids is 1. The zero-order chi connectivity index (χ0) is 16.3. The van der Waals surface area contributed by atoms with Crippen molar-refractivity contribution in [1.82, 2.24) is 14.5 Å². The number of hydrogen-bond donors (Lipinski definition) is 2. The Morgan fingerprint density at radius 3 is 2.96 bits per heavy atom. The summed E-state index contributed by atoms with van der Waals surface area (Å²) in [5.74, 6) is -1.14. The van der Waals surface area contributed by atoms with Gasteiger partial charge in [0, 0.05) is 6.54 Å². The van der Waals surface area contributed by atoms with Gasteiger partial charge in [-0.1, -0.05) is 16.8 Å². The third-order valence-electron chi connectivity index (χ3n) is 4.30. The summed E-state index contributed by atoms with van der Waals surface area (Å²) in [5, 5.41) is 11.7. The summed E-state index contributed by atoms with van der Waals surface area (Å²) >= 11 is 6.03. The highest BCUT2D eigenvalue weighted by molar-refractivity contribution is 6.34. The molecule has 7 nitrogen and oxygen atoms in total. The van der Waals surface area contributed by atoms with E-state index in [1.165, 1.54) is 18.5 Å². The summed E-state index contributed by atoms with van der Waals surface area (Å²) in [6, 6.07) is 2.40. The van der Waals surface area contributed by atoms with Gasteiger partial charge in [0.05, 0.1) is 28.0 Å². The van der Waals surface area contributed by atoms with Crippen LogP contribution in [0.25, 0.3) is 5.69 Å². The molecule has 4 rings (SSSR count). The van der Waals surface area contributed by atoms with Gasteiger partial charge in [-0.3, -0.25) is 9.36 Å². The normalized spacial score (nSPS) is 19.6. The van der Waals surface area contributed by atoms with Crippen molar-refractivity contribution in [2.45, 2.75) is 12.5 Å². The lowest BCUT2D eigenvalue weighted by atomic mass is 9.97. The number of fused-ring (bicyclic) bond motifs is 5. The molecule has 23 heavy (non-hydrogen) atoms. The fourth-order valence-corrected chi connectivity index (χ4v) is 3.36. The molecule has 0 radical (unpaired) electrons. The smallest absolute Gasteiger partial charge is 0.258 e. The van der Waals surface area contributed by atoms with Crippen LogP contribution in [0.3, 0.4) is 0 Å². The second-order valence-electron chi connectivity index (χ2n) is 5.39. The van der Waals surface area contributed by atoms with Crippen LogP contribution in [0, 0.1) is 5.82 Å². The Hall–Kier alpha value is -2.61. The molecule has 1 aromatic carbocycles. The van der Waals surface area contributed by atoms with E-state index < -0.39 is 5.82 Å². The van der Waals surface area contributed by atoms with Gasteiger partial charge in [-0.25, -0.2) is 9.37 Å². The van der Waals surface area contributed by atoms with Gasteiger partial charge >= 0.3 is 0 Å². The first-order valence-electron chi connectivity index (χ1n) is 6.89. The summed E-state index contributed by atoms with van der Waals surface area (Å²) in [6.45, 7) is 0.524. The van der Waals surface area contributed by atoms with Crippen molar-refractivity contribution in [1.29, 1.82) is 0 Å². The number of nitrogens with two attached hydrogens (primary N) is 1. The average molecular weight is 336 g/mol. The zero-order valence-corrected chi connectivity index (χ0v) is 12.5. The van der Waals surface area contributed by atoms with E-state index in [-0.39, 0.29) is 28.4 Å². The number of benzene rings is 1. The molecule has 1 fully saturated rings. The maximum atomic E-state index is 13.8. The van der Waals surface area contributed by atoms with Gasteiger partial charge in [-0.15, -0.1) is 0 Å². The van der Waals surface area contributed by atoms with E-state index in [4.69, 9.17) is 22.5 Å². The van der Waals surface area contributed by atoms with E-state index >= 15 is 0 Å². The van der Waals surface area contributed by atoms with Gasteiger partial charge in [0.25, 0.3) is 5.91 Å². The van der Waals surface area contributed by atoms with Crippen molar-refractivity contribution in [2.75, 3.05) is 6.54 Å². The largest absolute Gasteiger partial charge is 0.409 e. The molecular weight excluding hydrogens is 325 g/mol. The van der Waals surface area contributed by atoms with Crippen molar-refractivity contribution >= 4 is 23.3 Å². The molecule has 2 aromatic rings. The van der Waals surface area contributed by atoms with E-state index in [2.05, 4.69) is 10.1 Å². The number of imidazole rings is 1. The van der Waals surface area contributed by atoms with Gasteiger partial charge in [0.2, 0.25) is 0 Å². The standard InChI is InChI=1S/C14H11ClFN5O2/c15-10-6(16)1-2-7-9(10)14(22)20-4-3-8(20)12-11(13(17)19-23)18-5-21(7)12/h1-2,5,8,23H,3-4H2,(H2,17,19)/t8-/m0/s1. The summed E-state index contributed by atoms with van der Waals surface area (Å²) in [5.41, 5.74) is 7.13. The number of oxime groups is 1. The van der Waals surface area contributed by atoms with Gasteiger partial charge in [-0.05, 0) is 18.6 Å². The van der Waals surface area contributed by atoms with Crippen LogP contribution in [0.15, 0.2) is 23.6 Å². The number of amides is 1. The maximum Gasteiger partial charge on any atom is 0.258 e. The molecule has 0 unspecified atom stereocenters. The monoisotopic (exact) mass is 335 g/mol. The Balaban J connectivity index is 2.06. The molecule has 2 aliphatic heterocycles. The van der Waals surface area contributed by atoms with E-state index in [0.29, 0.717) is 30.0 Å². The Morgan fingerprint density at radius 2 is 2.30 bits per heavy atom. The third kappa shape index (κ3) is 1.72. The topological polar surface area (TPSA) is 96.7 Å². The Labute approximate surface area is 134 Å². The van der Waals surface area contributed by atoms with Crippen molar-refractivity contribution in [3.63, 3.8) is 0 Å². The highest BCUT2D eigenvalue weighted by Crippen LogP contribution is 2.42. The first-order valence-corrected chi connectivity index (χ1v) is 7.27. The van der Waals surface area contributed by atoms with Crippen molar-refractivity contribution in [2.24, 2.45) is 10.9 Å². The highest BCUT2D eigenvalue weighted by atomic mass is 35.5. The molecule has 1 atom stereocenters. The SMILES string of the molecule is NC(=NO)c1ncn2c1[C@@H]1CCN1C(=O)c1c-2ccc(F)c1Cl. The minimum absolute atomic E-state index is 0.0959. The molecule has 1 amide bonds. The van der Waals surface area contributed by atoms with Gasteiger partial charge < -0.3 is 15.8 Å². The number of halogens is 2. The molecule has 3 N–H and O–H groups in total. The lowest BCUT2D eigenvalue weighted by molar-refractivity contribution is 0.0460. The quantitative estimate of drug-likeness (QED) is 0.358. The van der Waals surface area contributed by atoms with Crippen LogP contribution in [0.2, 0.25) is 5.02 Å². The first-order chi connectivity index (χ1) is 11.0. The van der Waals surface area contributed by atoms with E-state index in [1.54, 1.807) is 9.47 Å². The Kier molecular flexibility index (Phi) is 2.86. The minimum atomic E-state index is -0.656. The maximum absolute atomic E-state index is 13.8. The molecule has 0 aliphatic carbocycles. The average Bonchev–Trinajstić information content (AvgIpc) is 2.89. The van der Waals surface area contributed by atoms with E-state index in [9.17, 15) is 9.18 Å². The minimum Gasteiger partial charge on any atom is -0.409 e. The van der Waals surface area contributed by atoms with Crippen LogP contribution >= 0.6 is 11.6 Å². The summed E-state index contributed by atoms with van der Waals surface area (Å²) in [6.07, 6.45) is 2.17. The number of carbonyl (C=O) groups is 1. The molecule has 0 bridgehead atoms. The summed E-state index contributed by atoms with van der Waals surface area (Å²) in [4.78, 5) is 18.5. The Morgan fingerprint density at radius 1 is 1.52 bits per heavy atom. The molecular formula is C14H11ClFN5O2. The predicted molar refractivity (Wildman–Crippen MR) is 79.4 cm³/mol. The molecule has 1 aromatic heterocycles. The summed E-state index contributed by atoms with van der Waals surface area (Å²) < 4.78 is 15.5. The second kappa shape index (κ2) is 4.69. The number of rotatable bonds is 1. The molecule has 0 saturated carbocycles. The third-order valence-corrected chi connectivity index (χ3v) is 4.67. The number of amidine groups is 1. The zero-order valence-electron chi connectivity index (χ0n) is 11.7. The van der Waals surface area contributed by atoms with Crippen molar-refractivity contribution < 1.29 is 14.4 Å². The van der Waals surface area contributed by atoms with E-state index in [1.807, 2.05) is 0 Å². The molecule has 3 heterocycles. The van der Waals surface area contributed by atoms with Crippen LogP contribution < -0.4 is 5.73 Å². The molecule has 1 saturated heterocycles. The molecule has 0 spiro atoms. The number of aromatic nitrogens is 2. The second-order valence-corrected chi connectivity index (χ2v) is 5.77. The Bertz CT molecular complexity index is 878.